The third kappa shape index (κ3) is 3.03. The van der Waals surface area contributed by atoms with E-state index in [-0.39, 0.29) is 5.88 Å². The molecule has 0 amide bonds. The van der Waals surface area contributed by atoms with Crippen molar-refractivity contribution in [3.05, 3.63) is 35.4 Å². The van der Waals surface area contributed by atoms with Crippen LogP contribution in [0.1, 0.15) is 44.2 Å². The maximum absolute atomic E-state index is 10.2. The van der Waals surface area contributed by atoms with Gasteiger partial charge in [-0.15, -0.1) is 5.10 Å². The van der Waals surface area contributed by atoms with E-state index in [0.717, 1.165) is 49.0 Å². The van der Waals surface area contributed by atoms with E-state index in [1.54, 1.807) is 0 Å². The second kappa shape index (κ2) is 6.60. The Morgan fingerprint density at radius 1 is 1.20 bits per heavy atom. The van der Waals surface area contributed by atoms with Crippen molar-refractivity contribution in [1.82, 2.24) is 9.78 Å². The molecule has 0 aliphatic rings. The van der Waals surface area contributed by atoms with Crippen LogP contribution in [0.25, 0.3) is 11.3 Å². The summed E-state index contributed by atoms with van der Waals surface area (Å²) in [7, 11) is 0. The molecule has 108 valence electrons. The number of hydrogen-bond acceptors (Lipinski definition) is 2. The van der Waals surface area contributed by atoms with E-state index in [1.165, 1.54) is 5.56 Å². The van der Waals surface area contributed by atoms with Gasteiger partial charge in [0.2, 0.25) is 5.88 Å². The molecule has 1 aromatic heterocycles. The lowest BCUT2D eigenvalue weighted by molar-refractivity contribution is 0.431. The molecule has 0 radical (unpaired) electrons. The summed E-state index contributed by atoms with van der Waals surface area (Å²) in [5.74, 6) is 0.198. The lowest BCUT2D eigenvalue weighted by Crippen LogP contribution is -2.02. The molecule has 1 heterocycles. The Kier molecular flexibility index (Phi) is 4.83. The number of nitrogens with zero attached hydrogens (tertiary/aromatic N) is 2. The van der Waals surface area contributed by atoms with Crippen molar-refractivity contribution >= 4 is 0 Å². The van der Waals surface area contributed by atoms with Crippen LogP contribution < -0.4 is 0 Å². The zero-order chi connectivity index (χ0) is 14.5. The lowest BCUT2D eigenvalue weighted by atomic mass is 10.0. The predicted octanol–water partition coefficient (Wildman–Crippen LogP) is 4.32. The topological polar surface area (TPSA) is 38.1 Å². The van der Waals surface area contributed by atoms with Gasteiger partial charge in [-0.2, -0.15) is 0 Å². The molecule has 20 heavy (non-hydrogen) atoms. The molecule has 1 aromatic carbocycles. The largest absolute Gasteiger partial charge is 0.492 e. The minimum atomic E-state index is 0.198. The van der Waals surface area contributed by atoms with Crippen molar-refractivity contribution in [1.29, 1.82) is 0 Å². The molecule has 0 saturated carbocycles. The maximum Gasteiger partial charge on any atom is 0.234 e. The van der Waals surface area contributed by atoms with Crippen LogP contribution >= 0.6 is 0 Å². The SMILES string of the molecule is CCCCc1c(O)nn(CCC)c1-c1cccc(C)c1. The molecule has 0 bridgehead atoms. The highest BCUT2D eigenvalue weighted by Crippen LogP contribution is 2.32. The van der Waals surface area contributed by atoms with E-state index in [1.807, 2.05) is 4.68 Å². The van der Waals surface area contributed by atoms with Gasteiger partial charge >= 0.3 is 0 Å². The van der Waals surface area contributed by atoms with Gasteiger partial charge in [-0.3, -0.25) is 4.68 Å². The first-order chi connectivity index (χ1) is 9.67. The standard InChI is InChI=1S/C17H24N2O/c1-4-6-10-15-16(14-9-7-8-13(3)12-14)19(11-5-2)18-17(15)20/h7-9,12H,4-6,10-11H2,1-3H3,(H,18,20). The molecule has 1 N–H and O–H groups in total. The number of rotatable bonds is 6. The van der Waals surface area contributed by atoms with Crippen LogP contribution in [-0.2, 0) is 13.0 Å². The summed E-state index contributed by atoms with van der Waals surface area (Å²) in [5, 5.41) is 14.5. The van der Waals surface area contributed by atoms with E-state index in [0.29, 0.717) is 0 Å². The van der Waals surface area contributed by atoms with Crippen LogP contribution in [0.3, 0.4) is 0 Å². The molecule has 0 atom stereocenters. The Labute approximate surface area is 121 Å². The summed E-state index contributed by atoms with van der Waals surface area (Å²) in [4.78, 5) is 0. The maximum atomic E-state index is 10.2. The molecule has 3 nitrogen and oxygen atoms in total. The summed E-state index contributed by atoms with van der Waals surface area (Å²) < 4.78 is 1.95. The third-order valence-electron chi connectivity index (χ3n) is 3.54. The van der Waals surface area contributed by atoms with Gasteiger partial charge in [0.15, 0.2) is 0 Å². The Balaban J connectivity index is 2.51. The van der Waals surface area contributed by atoms with E-state index in [2.05, 4.69) is 50.1 Å². The highest BCUT2D eigenvalue weighted by Gasteiger charge is 2.18. The lowest BCUT2D eigenvalue weighted by Gasteiger charge is -2.09. The third-order valence-corrected chi connectivity index (χ3v) is 3.54. The Morgan fingerprint density at radius 2 is 2.00 bits per heavy atom. The van der Waals surface area contributed by atoms with E-state index < -0.39 is 0 Å². The molecule has 2 aromatic rings. The van der Waals surface area contributed by atoms with Crippen LogP contribution in [0, 0.1) is 6.92 Å². The predicted molar refractivity (Wildman–Crippen MR) is 83.0 cm³/mol. The summed E-state index contributed by atoms with van der Waals surface area (Å²) in [5.41, 5.74) is 4.46. The Morgan fingerprint density at radius 3 is 2.65 bits per heavy atom. The Hall–Kier alpha value is -1.77. The highest BCUT2D eigenvalue weighted by atomic mass is 16.3. The number of benzene rings is 1. The number of aromatic hydroxyl groups is 1. The van der Waals surface area contributed by atoms with Gasteiger partial charge in [0.1, 0.15) is 0 Å². The number of unbranched alkanes of at least 4 members (excludes halogenated alkanes) is 1. The van der Waals surface area contributed by atoms with Gasteiger partial charge in [-0.25, -0.2) is 0 Å². The van der Waals surface area contributed by atoms with Gasteiger partial charge in [0.05, 0.1) is 5.69 Å². The van der Waals surface area contributed by atoms with Gasteiger partial charge < -0.3 is 5.11 Å². The van der Waals surface area contributed by atoms with E-state index in [4.69, 9.17) is 0 Å². The first kappa shape index (κ1) is 14.6. The fraction of sp³-hybridized carbons (Fsp3) is 0.471. The van der Waals surface area contributed by atoms with Crippen molar-refractivity contribution in [2.45, 2.75) is 53.0 Å². The van der Waals surface area contributed by atoms with E-state index >= 15 is 0 Å². The van der Waals surface area contributed by atoms with Crippen LogP contribution in [0.5, 0.6) is 5.88 Å². The second-order valence-electron chi connectivity index (χ2n) is 5.35. The highest BCUT2D eigenvalue weighted by molar-refractivity contribution is 5.66. The first-order valence-electron chi connectivity index (χ1n) is 7.53. The molecular weight excluding hydrogens is 248 g/mol. The number of hydrogen-bond donors (Lipinski definition) is 1. The average Bonchev–Trinajstić information content (AvgIpc) is 2.73. The van der Waals surface area contributed by atoms with Crippen LogP contribution in [0.4, 0.5) is 0 Å². The molecule has 0 fully saturated rings. The average molecular weight is 272 g/mol. The minimum absolute atomic E-state index is 0.198. The van der Waals surface area contributed by atoms with Gasteiger partial charge in [-0.1, -0.05) is 44.0 Å². The van der Waals surface area contributed by atoms with Gasteiger partial charge in [-0.05, 0) is 32.3 Å². The fourth-order valence-corrected chi connectivity index (χ4v) is 2.56. The summed E-state index contributed by atoms with van der Waals surface area (Å²) in [6.07, 6.45) is 4.08. The van der Waals surface area contributed by atoms with Crippen molar-refractivity contribution < 1.29 is 5.11 Å². The quantitative estimate of drug-likeness (QED) is 0.850. The van der Waals surface area contributed by atoms with Crippen molar-refractivity contribution in [2.24, 2.45) is 0 Å². The summed E-state index contributed by atoms with van der Waals surface area (Å²) in [6, 6.07) is 8.42. The number of aryl methyl sites for hydroxylation is 2. The van der Waals surface area contributed by atoms with Crippen molar-refractivity contribution in [2.75, 3.05) is 0 Å². The normalized spacial score (nSPS) is 10.9. The fourth-order valence-electron chi connectivity index (χ4n) is 2.56. The zero-order valence-electron chi connectivity index (χ0n) is 12.7. The molecule has 0 aliphatic heterocycles. The zero-order valence-corrected chi connectivity index (χ0v) is 12.7. The first-order valence-corrected chi connectivity index (χ1v) is 7.53. The van der Waals surface area contributed by atoms with Gasteiger partial charge in [0, 0.05) is 17.7 Å². The smallest absolute Gasteiger partial charge is 0.234 e. The van der Waals surface area contributed by atoms with E-state index in [9.17, 15) is 5.11 Å². The second-order valence-corrected chi connectivity index (χ2v) is 5.35. The van der Waals surface area contributed by atoms with Crippen molar-refractivity contribution in [3.8, 4) is 17.1 Å². The van der Waals surface area contributed by atoms with Crippen LogP contribution in [0.2, 0.25) is 0 Å². The Bertz CT molecular complexity index is 572. The molecule has 0 spiro atoms. The molecule has 0 saturated heterocycles. The molecule has 0 unspecified atom stereocenters. The van der Waals surface area contributed by atoms with Gasteiger partial charge in [0.25, 0.3) is 0 Å². The number of aromatic nitrogens is 2. The summed E-state index contributed by atoms with van der Waals surface area (Å²) >= 11 is 0. The van der Waals surface area contributed by atoms with Crippen LogP contribution in [0.15, 0.2) is 24.3 Å². The van der Waals surface area contributed by atoms with Crippen LogP contribution in [-0.4, -0.2) is 14.9 Å². The minimum Gasteiger partial charge on any atom is -0.492 e. The molecule has 2 rings (SSSR count). The van der Waals surface area contributed by atoms with Crippen molar-refractivity contribution in [3.63, 3.8) is 0 Å². The molecule has 3 heteroatoms. The monoisotopic (exact) mass is 272 g/mol. The molecular formula is C17H24N2O. The molecule has 0 aliphatic carbocycles. The summed E-state index contributed by atoms with van der Waals surface area (Å²) in [6.45, 7) is 7.23.